The maximum Gasteiger partial charge on any atom is 0.275 e. The van der Waals surface area contributed by atoms with Crippen LogP contribution in [0.5, 0.6) is 0 Å². The Bertz CT molecular complexity index is 807. The van der Waals surface area contributed by atoms with Gasteiger partial charge in [0.15, 0.2) is 0 Å². The second-order valence-electron chi connectivity index (χ2n) is 5.84. The molecule has 0 fully saturated rings. The Balaban J connectivity index is 1.89. The number of pyridine rings is 1. The Morgan fingerprint density at radius 3 is 2.91 bits per heavy atom. The van der Waals surface area contributed by atoms with Gasteiger partial charge in [0.25, 0.3) is 5.69 Å². The predicted molar refractivity (Wildman–Crippen MR) is 88.7 cm³/mol. The molecule has 2 heterocycles. The van der Waals surface area contributed by atoms with Crippen molar-refractivity contribution >= 4 is 23.0 Å². The summed E-state index contributed by atoms with van der Waals surface area (Å²) in [6.07, 6.45) is 6.78. The molecule has 0 spiro atoms. The van der Waals surface area contributed by atoms with Crippen molar-refractivity contribution in [1.82, 2.24) is 4.98 Å². The topological polar surface area (TPSA) is 68.1 Å². The average Bonchev–Trinajstić information content (AvgIpc) is 3.05. The van der Waals surface area contributed by atoms with E-state index in [-0.39, 0.29) is 28.5 Å². The molecule has 4 rings (SSSR count). The van der Waals surface area contributed by atoms with Crippen LogP contribution >= 0.6 is 11.6 Å². The summed E-state index contributed by atoms with van der Waals surface area (Å²) in [7, 11) is 0. The molecule has 0 saturated heterocycles. The van der Waals surface area contributed by atoms with Gasteiger partial charge >= 0.3 is 0 Å². The Morgan fingerprint density at radius 1 is 1.30 bits per heavy atom. The highest BCUT2D eigenvalue weighted by Gasteiger charge is 2.42. The lowest BCUT2D eigenvalue weighted by Gasteiger charge is -2.36. The van der Waals surface area contributed by atoms with E-state index in [0.717, 1.165) is 12.1 Å². The molecule has 1 aliphatic carbocycles. The van der Waals surface area contributed by atoms with Gasteiger partial charge in [-0.3, -0.25) is 15.1 Å². The van der Waals surface area contributed by atoms with E-state index in [2.05, 4.69) is 22.5 Å². The minimum atomic E-state index is -0.332. The number of allylic oxidation sites excluding steroid dienone is 2. The lowest BCUT2D eigenvalue weighted by atomic mass is 9.77. The highest BCUT2D eigenvalue weighted by Crippen LogP contribution is 2.53. The van der Waals surface area contributed by atoms with Gasteiger partial charge < -0.3 is 5.32 Å². The van der Waals surface area contributed by atoms with Crippen molar-refractivity contribution in [3.05, 3.63) is 75.1 Å². The van der Waals surface area contributed by atoms with E-state index in [1.807, 2.05) is 18.2 Å². The van der Waals surface area contributed by atoms with E-state index in [9.17, 15) is 10.1 Å². The molecule has 0 amide bonds. The van der Waals surface area contributed by atoms with E-state index in [1.54, 1.807) is 12.3 Å². The average molecular weight is 328 g/mol. The molecule has 5 nitrogen and oxygen atoms in total. The summed E-state index contributed by atoms with van der Waals surface area (Å²) >= 11 is 6.33. The third kappa shape index (κ3) is 2.19. The highest BCUT2D eigenvalue weighted by atomic mass is 35.5. The number of nitro benzene ring substituents is 1. The first-order chi connectivity index (χ1) is 11.2. The second kappa shape index (κ2) is 5.35. The Labute approximate surface area is 138 Å². The Kier molecular flexibility index (Phi) is 3.31. The highest BCUT2D eigenvalue weighted by molar-refractivity contribution is 6.33. The van der Waals surface area contributed by atoms with Crippen molar-refractivity contribution in [2.24, 2.45) is 5.92 Å². The number of fused-ring (bicyclic) bond motifs is 3. The number of hydrogen-bond donors (Lipinski definition) is 1. The first kappa shape index (κ1) is 14.2. The fourth-order valence-electron chi connectivity index (χ4n) is 3.67. The van der Waals surface area contributed by atoms with Gasteiger partial charge in [0.1, 0.15) is 0 Å². The molecule has 1 aromatic carbocycles. The molecule has 116 valence electrons. The fraction of sp³-hybridized carbons (Fsp3) is 0.235. The Hall–Kier alpha value is -2.40. The molecule has 2 aromatic rings. The quantitative estimate of drug-likeness (QED) is 0.502. The van der Waals surface area contributed by atoms with Crippen LogP contribution in [0, 0.1) is 16.0 Å². The van der Waals surface area contributed by atoms with E-state index in [1.165, 1.54) is 6.07 Å². The molecule has 1 N–H and O–H groups in total. The van der Waals surface area contributed by atoms with Crippen LogP contribution in [0.1, 0.15) is 29.6 Å². The zero-order chi connectivity index (χ0) is 16.0. The summed E-state index contributed by atoms with van der Waals surface area (Å²) in [4.78, 5) is 15.5. The van der Waals surface area contributed by atoms with E-state index in [4.69, 9.17) is 11.6 Å². The van der Waals surface area contributed by atoms with Crippen molar-refractivity contribution in [2.75, 3.05) is 5.32 Å². The molecular formula is C17H14ClN3O2. The number of nitrogens with one attached hydrogen (secondary N) is 1. The summed E-state index contributed by atoms with van der Waals surface area (Å²) < 4.78 is 0. The number of rotatable bonds is 2. The second-order valence-corrected chi connectivity index (χ2v) is 6.25. The number of hydrogen-bond acceptors (Lipinski definition) is 4. The number of halogens is 1. The molecule has 1 aromatic heterocycles. The first-order valence-corrected chi connectivity index (χ1v) is 7.85. The largest absolute Gasteiger partial charge is 0.375 e. The summed E-state index contributed by atoms with van der Waals surface area (Å²) in [6, 6.07) is 8.87. The smallest absolute Gasteiger partial charge is 0.275 e. The lowest BCUT2D eigenvalue weighted by molar-refractivity contribution is -0.385. The van der Waals surface area contributed by atoms with Gasteiger partial charge in [-0.05, 0) is 30.5 Å². The van der Waals surface area contributed by atoms with Crippen LogP contribution in [0.25, 0.3) is 0 Å². The molecule has 3 atom stereocenters. The summed E-state index contributed by atoms with van der Waals surface area (Å²) in [5, 5.41) is 15.3. The van der Waals surface area contributed by atoms with Crippen LogP contribution in [0.4, 0.5) is 11.4 Å². The first-order valence-electron chi connectivity index (χ1n) is 7.47. The summed E-state index contributed by atoms with van der Waals surface area (Å²) in [6.45, 7) is 0. The molecular weight excluding hydrogens is 314 g/mol. The van der Waals surface area contributed by atoms with Crippen LogP contribution in [0.15, 0.2) is 48.7 Å². The van der Waals surface area contributed by atoms with Gasteiger partial charge in [-0.1, -0.05) is 29.8 Å². The molecule has 23 heavy (non-hydrogen) atoms. The molecule has 1 aliphatic heterocycles. The Morgan fingerprint density at radius 2 is 2.17 bits per heavy atom. The minimum Gasteiger partial charge on any atom is -0.375 e. The zero-order valence-corrected chi connectivity index (χ0v) is 12.9. The number of anilines is 1. The zero-order valence-electron chi connectivity index (χ0n) is 12.1. The van der Waals surface area contributed by atoms with Crippen LogP contribution in [0.2, 0.25) is 5.02 Å². The number of benzene rings is 1. The van der Waals surface area contributed by atoms with Gasteiger partial charge in [0, 0.05) is 18.2 Å². The fourth-order valence-corrected chi connectivity index (χ4v) is 3.89. The van der Waals surface area contributed by atoms with Gasteiger partial charge in [0.05, 0.1) is 32.9 Å². The SMILES string of the molecule is O=[N+]([O-])c1ccc(Cl)c2c1[C@@H]1C=CC[C@H]1[C@@H](c1ccccn1)N2. The van der Waals surface area contributed by atoms with Crippen molar-refractivity contribution in [3.8, 4) is 0 Å². The van der Waals surface area contributed by atoms with Gasteiger partial charge in [-0.25, -0.2) is 0 Å². The third-order valence-corrected chi connectivity index (χ3v) is 4.96. The van der Waals surface area contributed by atoms with E-state index in [0.29, 0.717) is 16.3 Å². The van der Waals surface area contributed by atoms with Crippen molar-refractivity contribution in [2.45, 2.75) is 18.4 Å². The van der Waals surface area contributed by atoms with Gasteiger partial charge in [0.2, 0.25) is 0 Å². The maximum absolute atomic E-state index is 11.4. The molecule has 2 aliphatic rings. The molecule has 6 heteroatoms. The van der Waals surface area contributed by atoms with Gasteiger partial charge in [-0.2, -0.15) is 0 Å². The molecule has 0 radical (unpaired) electrons. The van der Waals surface area contributed by atoms with Crippen LogP contribution < -0.4 is 5.32 Å². The van der Waals surface area contributed by atoms with Crippen molar-refractivity contribution in [3.63, 3.8) is 0 Å². The van der Waals surface area contributed by atoms with E-state index < -0.39 is 0 Å². The van der Waals surface area contributed by atoms with Crippen LogP contribution in [0.3, 0.4) is 0 Å². The van der Waals surface area contributed by atoms with Crippen molar-refractivity contribution < 1.29 is 4.92 Å². The van der Waals surface area contributed by atoms with Crippen molar-refractivity contribution in [1.29, 1.82) is 0 Å². The number of nitro groups is 1. The number of nitrogens with zero attached hydrogens (tertiary/aromatic N) is 2. The van der Waals surface area contributed by atoms with Crippen LogP contribution in [-0.2, 0) is 0 Å². The minimum absolute atomic E-state index is 0.0109. The maximum atomic E-state index is 11.4. The normalized spacial score (nSPS) is 24.7. The molecule has 0 unspecified atom stereocenters. The van der Waals surface area contributed by atoms with Crippen LogP contribution in [-0.4, -0.2) is 9.91 Å². The van der Waals surface area contributed by atoms with Gasteiger partial charge in [-0.15, -0.1) is 0 Å². The summed E-state index contributed by atoms with van der Waals surface area (Å²) in [5.74, 6) is 0.187. The third-order valence-electron chi connectivity index (χ3n) is 4.65. The standard InChI is InChI=1S/C17H14ClN3O2/c18-12-7-8-14(21(22)23)15-10-4-3-5-11(10)16(20-17(12)15)13-6-1-2-9-19-13/h1-4,6-11,16,20H,5H2/t10-,11-,16+/m1/s1. The van der Waals surface area contributed by atoms with E-state index >= 15 is 0 Å². The number of aromatic nitrogens is 1. The summed E-state index contributed by atoms with van der Waals surface area (Å²) in [5.41, 5.74) is 2.40. The molecule has 0 saturated carbocycles. The molecule has 0 bridgehead atoms. The monoisotopic (exact) mass is 327 g/mol. The lowest BCUT2D eigenvalue weighted by Crippen LogP contribution is -2.30. The predicted octanol–water partition coefficient (Wildman–Crippen LogP) is 4.47.